The Morgan fingerprint density at radius 1 is 1.44 bits per heavy atom. The minimum atomic E-state index is -0.498. The van der Waals surface area contributed by atoms with E-state index < -0.39 is 5.79 Å². The van der Waals surface area contributed by atoms with Crippen molar-refractivity contribution >= 4 is 0 Å². The molecule has 0 aliphatic heterocycles. The Kier molecular flexibility index (Phi) is 5.46. The zero-order valence-electron chi connectivity index (χ0n) is 10.7. The van der Waals surface area contributed by atoms with Crippen molar-refractivity contribution in [3.8, 4) is 0 Å². The van der Waals surface area contributed by atoms with Crippen LogP contribution >= 0.6 is 0 Å². The van der Waals surface area contributed by atoms with Gasteiger partial charge in [0.25, 0.3) is 0 Å². The molecule has 1 aliphatic rings. The topological polar surface area (TPSA) is 38.7 Å². The lowest BCUT2D eigenvalue weighted by molar-refractivity contribution is -0.213. The molecule has 0 saturated carbocycles. The molecule has 0 aromatic heterocycles. The smallest absolute Gasteiger partial charge is 0.163 e. The number of unbranched alkanes of at least 4 members (excludes halogenated alkanes) is 1. The molecule has 0 radical (unpaired) electrons. The van der Waals surface area contributed by atoms with Crippen molar-refractivity contribution in [2.24, 2.45) is 0 Å². The normalized spacial score (nSPS) is 21.2. The van der Waals surface area contributed by atoms with Gasteiger partial charge >= 0.3 is 0 Å². The van der Waals surface area contributed by atoms with E-state index in [9.17, 15) is 0 Å². The maximum atomic E-state index is 8.72. The van der Waals surface area contributed by atoms with Gasteiger partial charge in [0.1, 0.15) is 0 Å². The van der Waals surface area contributed by atoms with Crippen LogP contribution in [0.1, 0.15) is 46.0 Å². The van der Waals surface area contributed by atoms with Gasteiger partial charge in [-0.2, -0.15) is 0 Å². The average Bonchev–Trinajstić information content (AvgIpc) is 2.65. The molecule has 1 rings (SSSR count). The third-order valence-corrected chi connectivity index (χ3v) is 3.00. The fraction of sp³-hybridized carbons (Fsp3) is 0.846. The molecule has 0 amide bonds. The van der Waals surface area contributed by atoms with Crippen LogP contribution in [-0.4, -0.2) is 30.7 Å². The second-order valence-corrected chi connectivity index (χ2v) is 4.80. The molecule has 0 aromatic carbocycles. The van der Waals surface area contributed by atoms with Gasteiger partial charge in [-0.05, 0) is 46.0 Å². The molecule has 0 heterocycles. The summed E-state index contributed by atoms with van der Waals surface area (Å²) in [5.41, 5.74) is 1.46. The zero-order chi connectivity index (χ0) is 12.0. The molecule has 0 saturated heterocycles. The predicted octanol–water partition coefficient (Wildman–Crippen LogP) is 2.64. The Hall–Kier alpha value is -0.380. The molecule has 1 N–H and O–H groups in total. The minimum absolute atomic E-state index is 0.194. The number of methoxy groups -OCH3 is 1. The van der Waals surface area contributed by atoms with Gasteiger partial charge in [-0.15, -0.1) is 0 Å². The summed E-state index contributed by atoms with van der Waals surface area (Å²) in [5.74, 6) is -0.498. The van der Waals surface area contributed by atoms with Gasteiger partial charge in [0.2, 0.25) is 0 Å². The lowest BCUT2D eigenvalue weighted by atomic mass is 10.1. The van der Waals surface area contributed by atoms with Crippen LogP contribution in [0.2, 0.25) is 0 Å². The Morgan fingerprint density at radius 3 is 2.81 bits per heavy atom. The summed E-state index contributed by atoms with van der Waals surface area (Å²) < 4.78 is 11.1. The van der Waals surface area contributed by atoms with E-state index in [2.05, 4.69) is 6.08 Å². The number of aliphatic hydroxyl groups excluding tert-OH is 1. The van der Waals surface area contributed by atoms with Crippen LogP contribution in [0.3, 0.4) is 0 Å². The summed E-state index contributed by atoms with van der Waals surface area (Å²) in [4.78, 5) is 0. The third kappa shape index (κ3) is 4.64. The first-order valence-corrected chi connectivity index (χ1v) is 6.11. The zero-order valence-corrected chi connectivity index (χ0v) is 10.7. The third-order valence-electron chi connectivity index (χ3n) is 3.00. The van der Waals surface area contributed by atoms with Crippen molar-refractivity contribution in [3.63, 3.8) is 0 Å². The van der Waals surface area contributed by atoms with Crippen LogP contribution in [0.25, 0.3) is 0 Å². The molecular formula is C13H24O3. The van der Waals surface area contributed by atoms with E-state index in [-0.39, 0.29) is 6.10 Å². The molecule has 0 aromatic rings. The van der Waals surface area contributed by atoms with E-state index in [1.165, 1.54) is 5.57 Å². The van der Waals surface area contributed by atoms with Gasteiger partial charge in [0, 0.05) is 13.7 Å². The maximum absolute atomic E-state index is 8.72. The van der Waals surface area contributed by atoms with Crippen molar-refractivity contribution in [3.05, 3.63) is 11.6 Å². The summed E-state index contributed by atoms with van der Waals surface area (Å²) in [6, 6.07) is 0. The Morgan fingerprint density at radius 2 is 2.19 bits per heavy atom. The highest BCUT2D eigenvalue weighted by Crippen LogP contribution is 2.28. The van der Waals surface area contributed by atoms with Crippen molar-refractivity contribution in [2.45, 2.75) is 57.8 Å². The molecule has 1 unspecified atom stereocenters. The van der Waals surface area contributed by atoms with Crippen molar-refractivity contribution in [1.82, 2.24) is 0 Å². The van der Waals surface area contributed by atoms with Gasteiger partial charge in [0.05, 0.1) is 6.10 Å². The van der Waals surface area contributed by atoms with Crippen LogP contribution in [-0.2, 0) is 9.47 Å². The Balaban J connectivity index is 2.31. The van der Waals surface area contributed by atoms with Crippen molar-refractivity contribution < 1.29 is 14.6 Å². The van der Waals surface area contributed by atoms with Crippen molar-refractivity contribution in [1.29, 1.82) is 0 Å². The molecule has 0 fully saturated rings. The highest BCUT2D eigenvalue weighted by Gasteiger charge is 2.24. The molecule has 1 atom stereocenters. The molecule has 3 heteroatoms. The molecule has 16 heavy (non-hydrogen) atoms. The van der Waals surface area contributed by atoms with E-state index in [1.807, 2.05) is 13.8 Å². The van der Waals surface area contributed by atoms with Gasteiger partial charge in [0.15, 0.2) is 5.79 Å². The number of aliphatic hydroxyl groups is 1. The molecule has 1 aliphatic carbocycles. The quantitative estimate of drug-likeness (QED) is 0.413. The highest BCUT2D eigenvalue weighted by molar-refractivity contribution is 5.12. The summed E-state index contributed by atoms with van der Waals surface area (Å²) in [6.07, 6.45) is 7.65. The van der Waals surface area contributed by atoms with Crippen LogP contribution < -0.4 is 0 Å². The van der Waals surface area contributed by atoms with E-state index in [0.717, 1.165) is 32.1 Å². The number of hydrogen-bond acceptors (Lipinski definition) is 3. The van der Waals surface area contributed by atoms with Crippen LogP contribution in [0, 0.1) is 0 Å². The van der Waals surface area contributed by atoms with Crippen LogP contribution in [0.15, 0.2) is 11.6 Å². The molecule has 3 nitrogen and oxygen atoms in total. The second-order valence-electron chi connectivity index (χ2n) is 4.80. The number of rotatable bonds is 7. The van der Waals surface area contributed by atoms with E-state index in [4.69, 9.17) is 14.6 Å². The first kappa shape index (κ1) is 13.7. The summed E-state index contributed by atoms with van der Waals surface area (Å²) >= 11 is 0. The first-order chi connectivity index (χ1) is 7.57. The van der Waals surface area contributed by atoms with Gasteiger partial charge < -0.3 is 14.6 Å². The highest BCUT2D eigenvalue weighted by atomic mass is 16.7. The van der Waals surface area contributed by atoms with Crippen LogP contribution in [0.5, 0.6) is 0 Å². The van der Waals surface area contributed by atoms with Gasteiger partial charge in [-0.1, -0.05) is 11.6 Å². The Labute approximate surface area is 98.4 Å². The van der Waals surface area contributed by atoms with E-state index >= 15 is 0 Å². The summed E-state index contributed by atoms with van der Waals surface area (Å²) in [5, 5.41) is 8.72. The fourth-order valence-electron chi connectivity index (χ4n) is 1.94. The first-order valence-electron chi connectivity index (χ1n) is 6.11. The maximum Gasteiger partial charge on any atom is 0.163 e. The van der Waals surface area contributed by atoms with Gasteiger partial charge in [-0.3, -0.25) is 0 Å². The lowest BCUT2D eigenvalue weighted by Crippen LogP contribution is -2.30. The van der Waals surface area contributed by atoms with Gasteiger partial charge in [-0.25, -0.2) is 0 Å². The number of allylic oxidation sites excluding steroid dienone is 1. The SMILES string of the molecule is COC(C)(C)OC1C=C(CCCCO)CC1. The molecule has 0 spiro atoms. The predicted molar refractivity (Wildman–Crippen MR) is 64.2 cm³/mol. The molecular weight excluding hydrogens is 204 g/mol. The number of ether oxygens (including phenoxy) is 2. The van der Waals surface area contributed by atoms with E-state index in [0.29, 0.717) is 6.61 Å². The lowest BCUT2D eigenvalue weighted by Gasteiger charge is -2.26. The van der Waals surface area contributed by atoms with Crippen molar-refractivity contribution in [2.75, 3.05) is 13.7 Å². The fourth-order valence-corrected chi connectivity index (χ4v) is 1.94. The molecule has 94 valence electrons. The largest absolute Gasteiger partial charge is 0.396 e. The summed E-state index contributed by atoms with van der Waals surface area (Å²) in [6.45, 7) is 4.17. The van der Waals surface area contributed by atoms with Crippen LogP contribution in [0.4, 0.5) is 0 Å². The number of hydrogen-bond donors (Lipinski definition) is 1. The standard InChI is InChI=1S/C13H24O3/c1-13(2,15-3)16-12-8-7-11(10-12)6-4-5-9-14/h10,12,14H,4-9H2,1-3H3. The Bertz CT molecular complexity index is 233. The summed E-state index contributed by atoms with van der Waals surface area (Å²) in [7, 11) is 1.67. The second kappa shape index (κ2) is 6.38. The minimum Gasteiger partial charge on any atom is -0.396 e. The average molecular weight is 228 g/mol. The monoisotopic (exact) mass is 228 g/mol. The molecule has 0 bridgehead atoms. The van der Waals surface area contributed by atoms with E-state index in [1.54, 1.807) is 7.11 Å².